The van der Waals surface area contributed by atoms with Crippen molar-refractivity contribution in [2.45, 2.75) is 6.54 Å². The summed E-state index contributed by atoms with van der Waals surface area (Å²) < 4.78 is 1.38. The van der Waals surface area contributed by atoms with Crippen molar-refractivity contribution < 1.29 is 9.90 Å². The highest BCUT2D eigenvalue weighted by molar-refractivity contribution is 5.73. The Morgan fingerprint density at radius 2 is 2.12 bits per heavy atom. The van der Waals surface area contributed by atoms with Crippen LogP contribution < -0.4 is 15.5 Å². The average molecular weight is 239 g/mol. The predicted molar refractivity (Wildman–Crippen MR) is 60.5 cm³/mol. The van der Waals surface area contributed by atoms with Gasteiger partial charge in [0.15, 0.2) is 0 Å². The maximum absolute atomic E-state index is 11.7. The lowest BCUT2D eigenvalue weighted by Gasteiger charge is -2.16. The summed E-state index contributed by atoms with van der Waals surface area (Å²) in [5.74, 6) is -0.287. The first-order valence-electron chi connectivity index (χ1n) is 5.12. The second kappa shape index (κ2) is 4.04. The van der Waals surface area contributed by atoms with Crippen LogP contribution in [0, 0.1) is 0 Å². The fourth-order valence-corrected chi connectivity index (χ4v) is 1.68. The zero-order chi connectivity index (χ0) is 12.6. The van der Waals surface area contributed by atoms with E-state index in [2.05, 4.69) is 9.97 Å². The molecule has 92 valence electrons. The fourth-order valence-electron chi connectivity index (χ4n) is 1.68. The molecule has 0 aliphatic carbocycles. The van der Waals surface area contributed by atoms with Crippen molar-refractivity contribution in [1.82, 2.24) is 14.5 Å². The second-order valence-corrected chi connectivity index (χ2v) is 3.97. The van der Waals surface area contributed by atoms with Crippen molar-refractivity contribution in [3.8, 4) is 0 Å². The number of nitrogens with zero attached hydrogens (tertiary/aromatic N) is 5. The summed E-state index contributed by atoms with van der Waals surface area (Å²) >= 11 is 0. The lowest BCUT2D eigenvalue weighted by atomic mass is 10.5. The topological polar surface area (TPSA) is 91.6 Å². The minimum Gasteiger partial charge on any atom is -0.480 e. The first-order valence-corrected chi connectivity index (χ1v) is 5.12. The van der Waals surface area contributed by atoms with Gasteiger partial charge in [-0.1, -0.05) is 0 Å². The van der Waals surface area contributed by atoms with Gasteiger partial charge < -0.3 is 14.9 Å². The summed E-state index contributed by atoms with van der Waals surface area (Å²) in [6.07, 6.45) is 0. The van der Waals surface area contributed by atoms with Gasteiger partial charge in [-0.15, -0.1) is 0 Å². The second-order valence-electron chi connectivity index (χ2n) is 3.97. The van der Waals surface area contributed by atoms with E-state index in [9.17, 15) is 9.59 Å². The number of carbonyl (C=O) groups is 1. The fraction of sp³-hybridized carbons (Fsp3) is 0.556. The van der Waals surface area contributed by atoms with E-state index in [1.807, 2.05) is 0 Å². The van der Waals surface area contributed by atoms with Crippen LogP contribution in [0.15, 0.2) is 4.79 Å². The maximum atomic E-state index is 11.7. The molecule has 2 heterocycles. The van der Waals surface area contributed by atoms with Crippen LogP contribution in [0.25, 0.3) is 0 Å². The number of rotatable bonds is 3. The van der Waals surface area contributed by atoms with Crippen LogP contribution in [0.3, 0.4) is 0 Å². The van der Waals surface area contributed by atoms with Crippen molar-refractivity contribution in [2.75, 3.05) is 37.0 Å². The minimum absolute atomic E-state index is 0.163. The molecule has 0 spiro atoms. The molecule has 17 heavy (non-hydrogen) atoms. The molecule has 0 bridgehead atoms. The van der Waals surface area contributed by atoms with Crippen molar-refractivity contribution in [2.24, 2.45) is 0 Å². The van der Waals surface area contributed by atoms with Crippen LogP contribution in [0.2, 0.25) is 0 Å². The van der Waals surface area contributed by atoms with Gasteiger partial charge in [-0.25, -0.2) is 4.79 Å². The highest BCUT2D eigenvalue weighted by Crippen LogP contribution is 2.17. The third kappa shape index (κ3) is 2.05. The van der Waals surface area contributed by atoms with Crippen LogP contribution >= 0.6 is 0 Å². The molecule has 0 radical (unpaired) electrons. The van der Waals surface area contributed by atoms with E-state index in [1.165, 1.54) is 4.57 Å². The van der Waals surface area contributed by atoms with Gasteiger partial charge in [0, 0.05) is 27.2 Å². The van der Waals surface area contributed by atoms with E-state index in [0.29, 0.717) is 25.0 Å². The molecule has 1 aromatic rings. The largest absolute Gasteiger partial charge is 0.480 e. The van der Waals surface area contributed by atoms with E-state index >= 15 is 0 Å². The molecule has 0 unspecified atom stereocenters. The zero-order valence-electron chi connectivity index (χ0n) is 9.62. The summed E-state index contributed by atoms with van der Waals surface area (Å²) in [7, 11) is 3.45. The lowest BCUT2D eigenvalue weighted by molar-refractivity contribution is -0.135. The lowest BCUT2D eigenvalue weighted by Crippen LogP contribution is -2.30. The van der Waals surface area contributed by atoms with Crippen LogP contribution in [0.1, 0.15) is 0 Å². The summed E-state index contributed by atoms with van der Waals surface area (Å²) in [4.78, 5) is 33.5. The van der Waals surface area contributed by atoms with Crippen molar-refractivity contribution in [3.63, 3.8) is 0 Å². The first-order chi connectivity index (χ1) is 7.99. The van der Waals surface area contributed by atoms with E-state index in [0.717, 1.165) is 0 Å². The van der Waals surface area contributed by atoms with E-state index in [4.69, 9.17) is 5.11 Å². The van der Waals surface area contributed by atoms with Gasteiger partial charge in [0.05, 0.1) is 0 Å². The molecular formula is C9H13N5O3. The molecule has 1 aromatic heterocycles. The number of anilines is 2. The van der Waals surface area contributed by atoms with Gasteiger partial charge >= 0.3 is 11.7 Å². The van der Waals surface area contributed by atoms with Crippen LogP contribution in [-0.4, -0.2) is 52.8 Å². The Bertz CT molecular complexity index is 510. The molecule has 8 heteroatoms. The molecule has 0 saturated heterocycles. The van der Waals surface area contributed by atoms with Gasteiger partial charge in [0.2, 0.25) is 11.9 Å². The smallest absolute Gasteiger partial charge is 0.353 e. The standard InChI is InChI=1S/C9H13N5O3/c1-12(2)7-10-8-13(5-6(15)16)3-4-14(8)9(17)11-7/h3-5H2,1-2H3,(H,15,16). The Hall–Kier alpha value is -2.12. The SMILES string of the molecule is CN(C)c1nc2n(c(=O)n1)CCN2CC(=O)O. The molecule has 0 amide bonds. The summed E-state index contributed by atoms with van der Waals surface area (Å²) in [6, 6.07) is 0. The quantitative estimate of drug-likeness (QED) is 0.694. The Morgan fingerprint density at radius 3 is 2.71 bits per heavy atom. The maximum Gasteiger partial charge on any atom is 0.353 e. The van der Waals surface area contributed by atoms with Crippen molar-refractivity contribution >= 4 is 17.9 Å². The number of hydrogen-bond donors (Lipinski definition) is 1. The van der Waals surface area contributed by atoms with E-state index in [-0.39, 0.29) is 6.54 Å². The molecule has 8 nitrogen and oxygen atoms in total. The third-order valence-electron chi connectivity index (χ3n) is 2.47. The number of carboxylic acids is 1. The summed E-state index contributed by atoms with van der Waals surface area (Å²) in [5, 5.41) is 8.76. The number of aliphatic carboxylic acids is 1. The number of hydrogen-bond acceptors (Lipinski definition) is 6. The summed E-state index contributed by atoms with van der Waals surface area (Å²) in [5.41, 5.74) is -0.397. The van der Waals surface area contributed by atoms with Crippen LogP contribution in [-0.2, 0) is 11.3 Å². The normalized spacial score (nSPS) is 13.6. The highest BCUT2D eigenvalue weighted by Gasteiger charge is 2.25. The van der Waals surface area contributed by atoms with Crippen molar-refractivity contribution in [3.05, 3.63) is 10.5 Å². The molecular weight excluding hydrogens is 226 g/mol. The average Bonchev–Trinajstić information content (AvgIpc) is 2.61. The summed E-state index contributed by atoms with van der Waals surface area (Å²) in [6.45, 7) is 0.728. The van der Waals surface area contributed by atoms with Gasteiger partial charge in [-0.2, -0.15) is 9.97 Å². The Balaban J connectivity index is 2.43. The predicted octanol–water partition coefficient (Wildman–Crippen LogP) is -1.39. The molecule has 0 atom stereocenters. The third-order valence-corrected chi connectivity index (χ3v) is 2.47. The van der Waals surface area contributed by atoms with E-state index < -0.39 is 11.7 Å². The first kappa shape index (κ1) is 11.4. The molecule has 1 aliphatic heterocycles. The van der Waals surface area contributed by atoms with Gasteiger partial charge in [0.1, 0.15) is 6.54 Å². The van der Waals surface area contributed by atoms with Crippen LogP contribution in [0.4, 0.5) is 11.9 Å². The number of carboxylic acid groups (broad SMARTS) is 1. The van der Waals surface area contributed by atoms with Gasteiger partial charge in [0.25, 0.3) is 0 Å². The Morgan fingerprint density at radius 1 is 1.41 bits per heavy atom. The van der Waals surface area contributed by atoms with Gasteiger partial charge in [-0.3, -0.25) is 9.36 Å². The van der Waals surface area contributed by atoms with Crippen molar-refractivity contribution in [1.29, 1.82) is 0 Å². The molecule has 1 aliphatic rings. The number of aromatic nitrogens is 3. The van der Waals surface area contributed by atoms with E-state index in [1.54, 1.807) is 23.9 Å². The molecule has 2 rings (SSSR count). The zero-order valence-corrected chi connectivity index (χ0v) is 9.62. The molecule has 1 N–H and O–H groups in total. The number of fused-ring (bicyclic) bond motifs is 1. The van der Waals surface area contributed by atoms with Gasteiger partial charge in [-0.05, 0) is 0 Å². The Labute approximate surface area is 97.1 Å². The Kier molecular flexibility index (Phi) is 2.70. The molecule has 0 aromatic carbocycles. The molecule has 0 saturated carbocycles. The monoisotopic (exact) mass is 239 g/mol. The molecule has 0 fully saturated rings. The van der Waals surface area contributed by atoms with Crippen LogP contribution in [0.5, 0.6) is 0 Å². The highest BCUT2D eigenvalue weighted by atomic mass is 16.4. The minimum atomic E-state index is -0.948.